The zero-order valence-electron chi connectivity index (χ0n) is 9.16. The van der Waals surface area contributed by atoms with Crippen molar-refractivity contribution in [2.75, 3.05) is 13.1 Å². The van der Waals surface area contributed by atoms with E-state index in [1.807, 2.05) is 4.90 Å². The van der Waals surface area contributed by atoms with Crippen molar-refractivity contribution in [1.29, 1.82) is 0 Å². The summed E-state index contributed by atoms with van der Waals surface area (Å²) >= 11 is 0. The van der Waals surface area contributed by atoms with E-state index in [9.17, 15) is 9.59 Å². The summed E-state index contributed by atoms with van der Waals surface area (Å²) in [4.78, 5) is 25.1. The Labute approximate surface area is 90.0 Å². The number of hydrogen-bond donors (Lipinski definition) is 1. The van der Waals surface area contributed by atoms with Gasteiger partial charge >= 0.3 is 0 Å². The van der Waals surface area contributed by atoms with Crippen molar-refractivity contribution in [1.82, 2.24) is 10.2 Å². The van der Waals surface area contributed by atoms with E-state index in [2.05, 4.69) is 5.32 Å². The molecule has 1 saturated heterocycles. The van der Waals surface area contributed by atoms with Crippen LogP contribution < -0.4 is 5.32 Å². The second-order valence-corrected chi connectivity index (χ2v) is 4.54. The standard InChI is InChI=1S/C11H18N2O2/c1-8(12-10(14)9-4-5-9)11(15)13-6-2-3-7-13/h8-9H,2-7H2,1H3,(H,12,14)/t8-/m0/s1. The van der Waals surface area contributed by atoms with E-state index >= 15 is 0 Å². The number of carbonyl (C=O) groups is 2. The third kappa shape index (κ3) is 2.49. The molecule has 84 valence electrons. The largest absolute Gasteiger partial charge is 0.344 e. The molecule has 0 aromatic rings. The van der Waals surface area contributed by atoms with Gasteiger partial charge in [0.2, 0.25) is 11.8 Å². The van der Waals surface area contributed by atoms with E-state index in [4.69, 9.17) is 0 Å². The summed E-state index contributed by atoms with van der Waals surface area (Å²) in [5.74, 6) is 0.301. The smallest absolute Gasteiger partial charge is 0.244 e. The Morgan fingerprint density at radius 2 is 1.87 bits per heavy atom. The molecule has 2 rings (SSSR count). The molecule has 2 amide bonds. The van der Waals surface area contributed by atoms with Gasteiger partial charge in [-0.25, -0.2) is 0 Å². The summed E-state index contributed by atoms with van der Waals surface area (Å²) in [7, 11) is 0. The van der Waals surface area contributed by atoms with Crippen molar-refractivity contribution < 1.29 is 9.59 Å². The highest BCUT2D eigenvalue weighted by atomic mass is 16.2. The lowest BCUT2D eigenvalue weighted by atomic mass is 10.2. The number of rotatable bonds is 3. The molecule has 0 bridgehead atoms. The highest BCUT2D eigenvalue weighted by Gasteiger charge is 2.32. The van der Waals surface area contributed by atoms with Gasteiger partial charge in [-0.1, -0.05) is 0 Å². The zero-order chi connectivity index (χ0) is 10.8. The predicted octanol–water partition coefficient (Wildman–Crippen LogP) is 0.524. The van der Waals surface area contributed by atoms with Crippen molar-refractivity contribution in [3.05, 3.63) is 0 Å². The first-order chi connectivity index (χ1) is 7.18. The maximum absolute atomic E-state index is 11.8. The Kier molecular flexibility index (Phi) is 2.93. The van der Waals surface area contributed by atoms with Gasteiger partial charge in [0.1, 0.15) is 6.04 Å². The Morgan fingerprint density at radius 1 is 1.27 bits per heavy atom. The first-order valence-electron chi connectivity index (χ1n) is 5.77. The van der Waals surface area contributed by atoms with Gasteiger partial charge in [0, 0.05) is 19.0 Å². The molecule has 4 nitrogen and oxygen atoms in total. The van der Waals surface area contributed by atoms with Crippen molar-refractivity contribution in [2.45, 2.75) is 38.6 Å². The van der Waals surface area contributed by atoms with Gasteiger partial charge in [-0.05, 0) is 32.6 Å². The first-order valence-corrected chi connectivity index (χ1v) is 5.77. The number of nitrogens with zero attached hydrogens (tertiary/aromatic N) is 1. The summed E-state index contributed by atoms with van der Waals surface area (Å²) < 4.78 is 0. The number of likely N-dealkylation sites (tertiary alicyclic amines) is 1. The molecule has 0 aromatic carbocycles. The molecule has 0 unspecified atom stereocenters. The van der Waals surface area contributed by atoms with Crippen LogP contribution in [0, 0.1) is 5.92 Å². The van der Waals surface area contributed by atoms with Gasteiger partial charge in [0.05, 0.1) is 0 Å². The molecule has 0 spiro atoms. The third-order valence-electron chi connectivity index (χ3n) is 3.10. The summed E-state index contributed by atoms with van der Waals surface area (Å²) in [6, 6.07) is -0.351. The molecule has 1 atom stereocenters. The first kappa shape index (κ1) is 10.5. The van der Waals surface area contributed by atoms with Gasteiger partial charge < -0.3 is 10.2 Å². The van der Waals surface area contributed by atoms with Crippen LogP contribution >= 0.6 is 0 Å². The molecular weight excluding hydrogens is 192 g/mol. The second-order valence-electron chi connectivity index (χ2n) is 4.54. The van der Waals surface area contributed by atoms with E-state index in [1.54, 1.807) is 6.92 Å². The highest BCUT2D eigenvalue weighted by molar-refractivity contribution is 5.89. The summed E-state index contributed by atoms with van der Waals surface area (Å²) in [6.07, 6.45) is 4.15. The summed E-state index contributed by atoms with van der Waals surface area (Å²) in [5.41, 5.74) is 0. The average Bonchev–Trinajstić information content (AvgIpc) is 2.93. The molecule has 1 N–H and O–H groups in total. The van der Waals surface area contributed by atoms with Crippen LogP contribution in [-0.4, -0.2) is 35.8 Å². The van der Waals surface area contributed by atoms with Crippen LogP contribution in [0.25, 0.3) is 0 Å². The Balaban J connectivity index is 1.80. The molecule has 1 heterocycles. The predicted molar refractivity (Wildman–Crippen MR) is 56.1 cm³/mol. The van der Waals surface area contributed by atoms with Crippen LogP contribution in [0.4, 0.5) is 0 Å². The lowest BCUT2D eigenvalue weighted by Gasteiger charge is -2.21. The molecule has 0 radical (unpaired) electrons. The maximum Gasteiger partial charge on any atom is 0.244 e. The number of nitrogens with one attached hydrogen (secondary N) is 1. The van der Waals surface area contributed by atoms with Crippen LogP contribution in [0.15, 0.2) is 0 Å². The Bertz CT molecular complexity index is 268. The quantitative estimate of drug-likeness (QED) is 0.738. The van der Waals surface area contributed by atoms with Crippen molar-refractivity contribution in [3.63, 3.8) is 0 Å². The molecule has 1 aliphatic carbocycles. The summed E-state index contributed by atoms with van der Waals surface area (Å²) in [6.45, 7) is 3.48. The maximum atomic E-state index is 11.8. The molecular formula is C11H18N2O2. The van der Waals surface area contributed by atoms with Crippen LogP contribution in [0.5, 0.6) is 0 Å². The topological polar surface area (TPSA) is 49.4 Å². The van der Waals surface area contributed by atoms with Crippen LogP contribution in [-0.2, 0) is 9.59 Å². The molecule has 0 aromatic heterocycles. The van der Waals surface area contributed by atoms with Gasteiger partial charge in [-0.15, -0.1) is 0 Å². The minimum absolute atomic E-state index is 0.0510. The van der Waals surface area contributed by atoms with Crippen molar-refractivity contribution >= 4 is 11.8 Å². The fourth-order valence-electron chi connectivity index (χ4n) is 1.95. The molecule has 2 aliphatic rings. The molecule has 2 fully saturated rings. The van der Waals surface area contributed by atoms with Gasteiger partial charge in [0.25, 0.3) is 0 Å². The zero-order valence-corrected chi connectivity index (χ0v) is 9.16. The number of hydrogen-bond acceptors (Lipinski definition) is 2. The van der Waals surface area contributed by atoms with Gasteiger partial charge in [-0.2, -0.15) is 0 Å². The lowest BCUT2D eigenvalue weighted by molar-refractivity contribution is -0.135. The second kappa shape index (κ2) is 4.21. The van der Waals surface area contributed by atoms with Crippen molar-refractivity contribution in [3.8, 4) is 0 Å². The van der Waals surface area contributed by atoms with Crippen LogP contribution in [0.2, 0.25) is 0 Å². The Morgan fingerprint density at radius 3 is 2.40 bits per heavy atom. The van der Waals surface area contributed by atoms with Crippen LogP contribution in [0.3, 0.4) is 0 Å². The molecule has 15 heavy (non-hydrogen) atoms. The van der Waals surface area contributed by atoms with Crippen LogP contribution in [0.1, 0.15) is 32.6 Å². The van der Waals surface area contributed by atoms with E-state index < -0.39 is 0 Å². The van der Waals surface area contributed by atoms with E-state index in [0.29, 0.717) is 0 Å². The normalized spacial score (nSPS) is 22.6. The van der Waals surface area contributed by atoms with E-state index in [1.165, 1.54) is 0 Å². The molecule has 4 heteroatoms. The number of carbonyl (C=O) groups excluding carboxylic acids is 2. The molecule has 1 saturated carbocycles. The lowest BCUT2D eigenvalue weighted by Crippen LogP contribution is -2.46. The van der Waals surface area contributed by atoms with Gasteiger partial charge in [0.15, 0.2) is 0 Å². The number of amides is 2. The average molecular weight is 210 g/mol. The van der Waals surface area contributed by atoms with E-state index in [0.717, 1.165) is 38.8 Å². The minimum atomic E-state index is -0.351. The summed E-state index contributed by atoms with van der Waals surface area (Å²) in [5, 5.41) is 2.79. The fraction of sp³-hybridized carbons (Fsp3) is 0.818. The van der Waals surface area contributed by atoms with Crippen molar-refractivity contribution in [2.24, 2.45) is 5.92 Å². The highest BCUT2D eigenvalue weighted by Crippen LogP contribution is 2.28. The molecule has 1 aliphatic heterocycles. The van der Waals surface area contributed by atoms with Gasteiger partial charge in [-0.3, -0.25) is 9.59 Å². The minimum Gasteiger partial charge on any atom is -0.344 e. The SMILES string of the molecule is C[C@H](NC(=O)C1CC1)C(=O)N1CCCC1. The monoisotopic (exact) mass is 210 g/mol. The Hall–Kier alpha value is -1.06. The fourth-order valence-corrected chi connectivity index (χ4v) is 1.95. The third-order valence-corrected chi connectivity index (χ3v) is 3.10. The van der Waals surface area contributed by atoms with E-state index in [-0.39, 0.29) is 23.8 Å².